The number of nitrogens with two attached hydrogens (primary N) is 1. The first-order chi connectivity index (χ1) is 8.56. The number of rotatable bonds is 3. The Labute approximate surface area is 109 Å². The molecule has 3 heteroatoms. The van der Waals surface area contributed by atoms with Gasteiger partial charge < -0.3 is 5.73 Å². The number of benzene rings is 1. The second-order valence-corrected chi connectivity index (χ2v) is 5.38. The van der Waals surface area contributed by atoms with Crippen LogP contribution < -0.4 is 5.73 Å². The van der Waals surface area contributed by atoms with Crippen LogP contribution in [0.4, 0.5) is 0 Å². The summed E-state index contributed by atoms with van der Waals surface area (Å²) in [4.78, 5) is 14.5. The first-order valence-electron chi connectivity index (χ1n) is 6.64. The predicted molar refractivity (Wildman–Crippen MR) is 73.9 cm³/mol. The van der Waals surface area contributed by atoms with E-state index < -0.39 is 0 Å². The van der Waals surface area contributed by atoms with Crippen LogP contribution >= 0.6 is 0 Å². The van der Waals surface area contributed by atoms with Gasteiger partial charge in [0.25, 0.3) is 0 Å². The van der Waals surface area contributed by atoms with E-state index in [0.717, 1.165) is 42.6 Å². The van der Waals surface area contributed by atoms with E-state index in [1.165, 1.54) is 0 Å². The van der Waals surface area contributed by atoms with Crippen LogP contribution in [0.3, 0.4) is 0 Å². The van der Waals surface area contributed by atoms with Crippen LogP contribution in [0.2, 0.25) is 0 Å². The largest absolute Gasteiger partial charge is 0.327 e. The van der Waals surface area contributed by atoms with Crippen molar-refractivity contribution in [1.29, 1.82) is 0 Å². The molecule has 1 fully saturated rings. The first kappa shape index (κ1) is 13.2. The summed E-state index contributed by atoms with van der Waals surface area (Å²) in [5, 5.41) is 0. The Morgan fingerprint density at radius 2 is 2.22 bits per heavy atom. The second kappa shape index (κ2) is 5.63. The third-order valence-electron chi connectivity index (χ3n) is 3.60. The van der Waals surface area contributed by atoms with Gasteiger partial charge in [-0.1, -0.05) is 17.7 Å². The number of aryl methyl sites for hydroxylation is 2. The molecule has 3 nitrogen and oxygen atoms in total. The molecule has 0 aromatic heterocycles. The van der Waals surface area contributed by atoms with Gasteiger partial charge >= 0.3 is 0 Å². The van der Waals surface area contributed by atoms with Crippen LogP contribution in [0.25, 0.3) is 0 Å². The molecule has 1 saturated heterocycles. The molecule has 1 aromatic carbocycles. The number of ketones is 1. The fraction of sp³-hybridized carbons (Fsp3) is 0.533. The summed E-state index contributed by atoms with van der Waals surface area (Å²) in [6.07, 6.45) is 2.18. The van der Waals surface area contributed by atoms with Gasteiger partial charge in [-0.15, -0.1) is 0 Å². The van der Waals surface area contributed by atoms with Crippen molar-refractivity contribution in [1.82, 2.24) is 4.90 Å². The third-order valence-corrected chi connectivity index (χ3v) is 3.60. The van der Waals surface area contributed by atoms with Crippen molar-refractivity contribution in [2.45, 2.75) is 32.7 Å². The molecule has 1 unspecified atom stereocenters. The molecular formula is C15H22N2O. The summed E-state index contributed by atoms with van der Waals surface area (Å²) in [5.41, 5.74) is 9.00. The molecule has 1 aliphatic heterocycles. The van der Waals surface area contributed by atoms with E-state index in [-0.39, 0.29) is 11.8 Å². The molecule has 1 heterocycles. The molecule has 0 radical (unpaired) electrons. The molecule has 0 saturated carbocycles. The molecular weight excluding hydrogens is 224 g/mol. The standard InChI is InChI=1S/C15H22N2O/c1-11-5-6-12(2)14(8-11)15(18)10-17-7-3-4-13(16)9-17/h5-6,8,13H,3-4,7,9-10,16H2,1-2H3. The Balaban J connectivity index is 2.05. The fourth-order valence-electron chi connectivity index (χ4n) is 2.56. The number of likely N-dealkylation sites (tertiary alicyclic amines) is 1. The Morgan fingerprint density at radius 3 is 2.94 bits per heavy atom. The van der Waals surface area contributed by atoms with Gasteiger partial charge in [0.1, 0.15) is 0 Å². The smallest absolute Gasteiger partial charge is 0.177 e. The zero-order chi connectivity index (χ0) is 13.1. The molecule has 0 spiro atoms. The van der Waals surface area contributed by atoms with Crippen molar-refractivity contribution in [3.05, 3.63) is 34.9 Å². The number of piperidine rings is 1. The van der Waals surface area contributed by atoms with E-state index in [1.807, 2.05) is 32.0 Å². The SMILES string of the molecule is Cc1ccc(C)c(C(=O)CN2CCCC(N)C2)c1. The van der Waals surface area contributed by atoms with Gasteiger partial charge in [-0.2, -0.15) is 0 Å². The molecule has 0 amide bonds. The molecule has 98 valence electrons. The lowest BCUT2D eigenvalue weighted by Crippen LogP contribution is -2.44. The summed E-state index contributed by atoms with van der Waals surface area (Å²) in [5.74, 6) is 0.213. The van der Waals surface area contributed by atoms with Gasteiger partial charge in [0.2, 0.25) is 0 Å². The number of hydrogen-bond acceptors (Lipinski definition) is 3. The van der Waals surface area contributed by atoms with E-state index in [1.54, 1.807) is 0 Å². The summed E-state index contributed by atoms with van der Waals surface area (Å²) < 4.78 is 0. The monoisotopic (exact) mass is 246 g/mol. The summed E-state index contributed by atoms with van der Waals surface area (Å²) in [6, 6.07) is 6.28. The van der Waals surface area contributed by atoms with Crippen molar-refractivity contribution < 1.29 is 4.79 Å². The zero-order valence-electron chi connectivity index (χ0n) is 11.3. The highest BCUT2D eigenvalue weighted by Gasteiger charge is 2.20. The summed E-state index contributed by atoms with van der Waals surface area (Å²) in [7, 11) is 0. The van der Waals surface area contributed by atoms with Gasteiger partial charge in [-0.05, 0) is 44.9 Å². The molecule has 0 aliphatic carbocycles. The van der Waals surface area contributed by atoms with Gasteiger partial charge in [0, 0.05) is 18.2 Å². The average molecular weight is 246 g/mol. The Kier molecular flexibility index (Phi) is 4.15. The number of Topliss-reactive ketones (excluding diaryl/α,β-unsaturated/α-hetero) is 1. The van der Waals surface area contributed by atoms with Crippen molar-refractivity contribution in [2.24, 2.45) is 5.73 Å². The molecule has 18 heavy (non-hydrogen) atoms. The van der Waals surface area contributed by atoms with Crippen molar-refractivity contribution in [3.8, 4) is 0 Å². The maximum absolute atomic E-state index is 12.3. The molecule has 1 aromatic rings. The highest BCUT2D eigenvalue weighted by atomic mass is 16.1. The van der Waals surface area contributed by atoms with E-state index in [0.29, 0.717) is 6.54 Å². The lowest BCUT2D eigenvalue weighted by atomic mass is 10.0. The van der Waals surface area contributed by atoms with Gasteiger partial charge in [0.05, 0.1) is 6.54 Å². The van der Waals surface area contributed by atoms with Crippen LogP contribution in [0.15, 0.2) is 18.2 Å². The van der Waals surface area contributed by atoms with Crippen LogP contribution in [0.1, 0.15) is 34.3 Å². The van der Waals surface area contributed by atoms with Crippen molar-refractivity contribution in [3.63, 3.8) is 0 Å². The zero-order valence-corrected chi connectivity index (χ0v) is 11.3. The van der Waals surface area contributed by atoms with Crippen molar-refractivity contribution >= 4 is 5.78 Å². The maximum Gasteiger partial charge on any atom is 0.177 e. The normalized spacial score (nSPS) is 20.9. The minimum Gasteiger partial charge on any atom is -0.327 e. The topological polar surface area (TPSA) is 46.3 Å². The van der Waals surface area contributed by atoms with Crippen LogP contribution in [0, 0.1) is 13.8 Å². The highest BCUT2D eigenvalue weighted by Crippen LogP contribution is 2.14. The average Bonchev–Trinajstić information content (AvgIpc) is 2.32. The minimum absolute atomic E-state index is 0.213. The number of carbonyl (C=O) groups is 1. The van der Waals surface area contributed by atoms with E-state index >= 15 is 0 Å². The van der Waals surface area contributed by atoms with E-state index in [4.69, 9.17) is 5.73 Å². The van der Waals surface area contributed by atoms with E-state index in [9.17, 15) is 4.79 Å². The van der Waals surface area contributed by atoms with E-state index in [2.05, 4.69) is 4.90 Å². The lowest BCUT2D eigenvalue weighted by molar-refractivity contribution is 0.0907. The maximum atomic E-state index is 12.3. The Morgan fingerprint density at radius 1 is 1.44 bits per heavy atom. The third kappa shape index (κ3) is 3.18. The minimum atomic E-state index is 0.213. The Bertz CT molecular complexity index is 442. The van der Waals surface area contributed by atoms with Crippen LogP contribution in [-0.2, 0) is 0 Å². The van der Waals surface area contributed by atoms with Gasteiger partial charge in [-0.25, -0.2) is 0 Å². The summed E-state index contributed by atoms with van der Waals surface area (Å²) >= 11 is 0. The predicted octanol–water partition coefficient (Wildman–Crippen LogP) is 1.91. The fourth-order valence-corrected chi connectivity index (χ4v) is 2.56. The molecule has 1 atom stereocenters. The number of nitrogens with zero attached hydrogens (tertiary/aromatic N) is 1. The number of carbonyl (C=O) groups excluding carboxylic acids is 1. The highest BCUT2D eigenvalue weighted by molar-refractivity contribution is 5.99. The van der Waals surface area contributed by atoms with Crippen molar-refractivity contribution in [2.75, 3.05) is 19.6 Å². The first-order valence-corrected chi connectivity index (χ1v) is 6.64. The molecule has 1 aliphatic rings. The number of hydrogen-bond donors (Lipinski definition) is 1. The van der Waals surface area contributed by atoms with Gasteiger partial charge in [0.15, 0.2) is 5.78 Å². The van der Waals surface area contributed by atoms with Crippen LogP contribution in [0.5, 0.6) is 0 Å². The molecule has 2 N–H and O–H groups in total. The Hall–Kier alpha value is -1.19. The van der Waals surface area contributed by atoms with Crippen LogP contribution in [-0.4, -0.2) is 36.4 Å². The lowest BCUT2D eigenvalue weighted by Gasteiger charge is -2.30. The second-order valence-electron chi connectivity index (χ2n) is 5.38. The van der Waals surface area contributed by atoms with Gasteiger partial charge in [-0.3, -0.25) is 9.69 Å². The molecule has 0 bridgehead atoms. The molecule has 2 rings (SSSR count). The summed E-state index contributed by atoms with van der Waals surface area (Å²) in [6.45, 7) is 6.35. The quantitative estimate of drug-likeness (QED) is 0.829.